The molecule has 1 heteroatoms. The standard InChI is InChI=1S/C21H28N/c1-20(2,3)18-15-12-8-10-14-11-9-13-16(17(14)15)19(22(18)7)21(4,5)6/h8-12H,13H2,1-7H3/q+1. The van der Waals surface area contributed by atoms with Crippen LogP contribution >= 0.6 is 0 Å². The van der Waals surface area contributed by atoms with Gasteiger partial charge in [0.1, 0.15) is 7.05 Å². The Morgan fingerprint density at radius 2 is 1.55 bits per heavy atom. The largest absolute Gasteiger partial charge is 0.201 e. The smallest absolute Gasteiger partial charge is 0.194 e. The molecule has 1 aromatic carbocycles. The molecule has 1 aliphatic rings. The third kappa shape index (κ3) is 2.18. The van der Waals surface area contributed by atoms with Gasteiger partial charge in [-0.2, -0.15) is 0 Å². The Morgan fingerprint density at radius 1 is 0.909 bits per heavy atom. The van der Waals surface area contributed by atoms with Gasteiger partial charge in [-0.05, 0) is 18.1 Å². The number of aromatic nitrogens is 1. The van der Waals surface area contributed by atoms with Crippen LogP contribution < -0.4 is 4.57 Å². The van der Waals surface area contributed by atoms with Gasteiger partial charge in [0.25, 0.3) is 0 Å². The van der Waals surface area contributed by atoms with E-state index in [0.717, 1.165) is 6.42 Å². The number of rotatable bonds is 0. The summed E-state index contributed by atoms with van der Waals surface area (Å²) in [7, 11) is 2.25. The lowest BCUT2D eigenvalue weighted by Crippen LogP contribution is -2.48. The molecule has 0 spiro atoms. The zero-order valence-electron chi connectivity index (χ0n) is 15.0. The first-order valence-electron chi connectivity index (χ1n) is 8.27. The molecular weight excluding hydrogens is 266 g/mol. The van der Waals surface area contributed by atoms with Crippen molar-refractivity contribution in [3.63, 3.8) is 0 Å². The highest BCUT2D eigenvalue weighted by Crippen LogP contribution is 2.38. The van der Waals surface area contributed by atoms with E-state index < -0.39 is 0 Å². The third-order valence-corrected chi connectivity index (χ3v) is 4.65. The van der Waals surface area contributed by atoms with Gasteiger partial charge in [-0.3, -0.25) is 0 Å². The van der Waals surface area contributed by atoms with Crippen molar-refractivity contribution in [2.24, 2.45) is 7.05 Å². The Bertz CT molecular complexity index is 780. The summed E-state index contributed by atoms with van der Waals surface area (Å²) >= 11 is 0. The van der Waals surface area contributed by atoms with Crippen molar-refractivity contribution in [1.82, 2.24) is 0 Å². The lowest BCUT2D eigenvalue weighted by Gasteiger charge is -2.28. The Morgan fingerprint density at radius 3 is 2.14 bits per heavy atom. The maximum atomic E-state index is 2.47. The fourth-order valence-corrected chi connectivity index (χ4v) is 4.22. The van der Waals surface area contributed by atoms with Gasteiger partial charge >= 0.3 is 0 Å². The maximum Gasteiger partial charge on any atom is 0.194 e. The van der Waals surface area contributed by atoms with Gasteiger partial charge in [-0.25, -0.2) is 4.57 Å². The van der Waals surface area contributed by atoms with Crippen molar-refractivity contribution < 1.29 is 4.57 Å². The molecular formula is C21H28N+. The number of hydrogen-bond donors (Lipinski definition) is 0. The van der Waals surface area contributed by atoms with Crippen LogP contribution in [0.15, 0.2) is 24.3 Å². The van der Waals surface area contributed by atoms with Gasteiger partial charge in [0.2, 0.25) is 0 Å². The molecule has 0 saturated heterocycles. The molecule has 116 valence electrons. The van der Waals surface area contributed by atoms with Gasteiger partial charge < -0.3 is 0 Å². The summed E-state index contributed by atoms with van der Waals surface area (Å²) < 4.78 is 2.47. The first kappa shape index (κ1) is 15.3. The zero-order chi connectivity index (χ0) is 16.3. The molecule has 1 aromatic heterocycles. The molecule has 0 amide bonds. The number of nitrogens with zero attached hydrogens (tertiary/aromatic N) is 1. The van der Waals surface area contributed by atoms with E-state index in [-0.39, 0.29) is 10.8 Å². The highest BCUT2D eigenvalue weighted by molar-refractivity contribution is 5.96. The molecule has 0 atom stereocenters. The summed E-state index contributed by atoms with van der Waals surface area (Å²) in [5, 5.41) is 2.89. The average Bonchev–Trinajstić information content (AvgIpc) is 2.35. The lowest BCUT2D eigenvalue weighted by molar-refractivity contribution is -0.691. The Hall–Kier alpha value is -1.63. The van der Waals surface area contributed by atoms with Gasteiger partial charge in [-0.15, -0.1) is 0 Å². The average molecular weight is 294 g/mol. The number of hydrogen-bond acceptors (Lipinski definition) is 0. The lowest BCUT2D eigenvalue weighted by atomic mass is 9.78. The summed E-state index contributed by atoms with van der Waals surface area (Å²) in [5.74, 6) is 0. The fraction of sp³-hybridized carbons (Fsp3) is 0.476. The Kier molecular flexibility index (Phi) is 3.25. The van der Waals surface area contributed by atoms with E-state index in [4.69, 9.17) is 0 Å². The van der Waals surface area contributed by atoms with E-state index in [0.29, 0.717) is 0 Å². The molecule has 0 aliphatic heterocycles. The van der Waals surface area contributed by atoms with Crippen LogP contribution in [0.5, 0.6) is 0 Å². The monoisotopic (exact) mass is 294 g/mol. The second-order valence-electron chi connectivity index (χ2n) is 8.61. The molecule has 0 unspecified atom stereocenters. The number of benzene rings is 1. The Labute approximate surface area is 134 Å². The van der Waals surface area contributed by atoms with Gasteiger partial charge in [0.15, 0.2) is 11.4 Å². The summed E-state index contributed by atoms with van der Waals surface area (Å²) in [6.07, 6.45) is 5.63. The molecule has 0 fully saturated rings. The molecule has 0 radical (unpaired) electrons. The minimum atomic E-state index is 0.118. The summed E-state index contributed by atoms with van der Waals surface area (Å²) in [6.45, 7) is 14.0. The van der Waals surface area contributed by atoms with Crippen LogP contribution in [0.3, 0.4) is 0 Å². The van der Waals surface area contributed by atoms with Gasteiger partial charge in [-0.1, -0.05) is 65.8 Å². The second-order valence-corrected chi connectivity index (χ2v) is 8.61. The van der Waals surface area contributed by atoms with Crippen LogP contribution in [0.25, 0.3) is 16.8 Å². The molecule has 0 N–H and O–H groups in total. The zero-order valence-corrected chi connectivity index (χ0v) is 15.0. The first-order chi connectivity index (χ1) is 10.1. The SMILES string of the molecule is C[n+]1c(C(C)(C)C)c2c3c(cccc3c1C(C)(C)C)C=CC2. The van der Waals surface area contributed by atoms with Crippen molar-refractivity contribution in [3.8, 4) is 0 Å². The normalized spacial score (nSPS) is 14.7. The second kappa shape index (κ2) is 4.68. The van der Waals surface area contributed by atoms with Crippen LogP contribution in [0.1, 0.15) is 64.1 Å². The van der Waals surface area contributed by atoms with Crippen molar-refractivity contribution in [2.45, 2.75) is 58.8 Å². The minimum absolute atomic E-state index is 0.118. The molecule has 3 rings (SSSR count). The summed E-state index contributed by atoms with van der Waals surface area (Å²) in [6, 6.07) is 6.75. The van der Waals surface area contributed by atoms with Gasteiger partial charge in [0, 0.05) is 21.8 Å². The summed E-state index contributed by atoms with van der Waals surface area (Å²) in [5.41, 5.74) is 6.05. The molecule has 0 bridgehead atoms. The number of pyridine rings is 1. The predicted molar refractivity (Wildman–Crippen MR) is 95.3 cm³/mol. The quantitative estimate of drug-likeness (QED) is 0.613. The van der Waals surface area contributed by atoms with Crippen LogP contribution in [0.4, 0.5) is 0 Å². The third-order valence-electron chi connectivity index (χ3n) is 4.65. The van der Waals surface area contributed by atoms with Crippen LogP contribution in [-0.4, -0.2) is 0 Å². The highest BCUT2D eigenvalue weighted by Gasteiger charge is 2.37. The van der Waals surface area contributed by atoms with E-state index in [1.165, 1.54) is 33.3 Å². The first-order valence-corrected chi connectivity index (χ1v) is 8.27. The van der Waals surface area contributed by atoms with Crippen molar-refractivity contribution >= 4 is 16.8 Å². The highest BCUT2D eigenvalue weighted by atomic mass is 15.0. The van der Waals surface area contributed by atoms with E-state index in [2.05, 4.69) is 83.5 Å². The molecule has 1 nitrogen and oxygen atoms in total. The van der Waals surface area contributed by atoms with Crippen LogP contribution in [0, 0.1) is 0 Å². The van der Waals surface area contributed by atoms with Gasteiger partial charge in [0.05, 0.1) is 5.39 Å². The van der Waals surface area contributed by atoms with E-state index in [1.807, 2.05) is 0 Å². The van der Waals surface area contributed by atoms with Crippen molar-refractivity contribution in [1.29, 1.82) is 0 Å². The van der Waals surface area contributed by atoms with Crippen LogP contribution in [-0.2, 0) is 24.3 Å². The summed E-state index contributed by atoms with van der Waals surface area (Å²) in [4.78, 5) is 0. The van der Waals surface area contributed by atoms with Crippen molar-refractivity contribution in [3.05, 3.63) is 46.8 Å². The molecule has 22 heavy (non-hydrogen) atoms. The van der Waals surface area contributed by atoms with E-state index in [9.17, 15) is 0 Å². The fourth-order valence-electron chi connectivity index (χ4n) is 4.22. The predicted octanol–water partition coefficient (Wildman–Crippen LogP) is 4.83. The topological polar surface area (TPSA) is 3.88 Å². The van der Waals surface area contributed by atoms with Crippen LogP contribution in [0.2, 0.25) is 0 Å². The minimum Gasteiger partial charge on any atom is -0.201 e. The molecule has 2 aromatic rings. The van der Waals surface area contributed by atoms with Crippen molar-refractivity contribution in [2.75, 3.05) is 0 Å². The molecule has 1 heterocycles. The van der Waals surface area contributed by atoms with E-state index in [1.54, 1.807) is 0 Å². The molecule has 0 saturated carbocycles. The maximum absolute atomic E-state index is 2.47. The number of allylic oxidation sites excluding steroid dienone is 1. The van der Waals surface area contributed by atoms with E-state index >= 15 is 0 Å². The Balaban J connectivity index is 2.59. The molecule has 1 aliphatic carbocycles.